The molecule has 6 aliphatic rings. The molecule has 5 fully saturated rings. The number of ketones is 1. The molecule has 8 heterocycles. The van der Waals surface area contributed by atoms with Crippen LogP contribution in [0.2, 0.25) is 5.02 Å². The van der Waals surface area contributed by atoms with E-state index in [1.807, 2.05) is 24.4 Å². The summed E-state index contributed by atoms with van der Waals surface area (Å²) in [4.78, 5) is 89.3. The van der Waals surface area contributed by atoms with Crippen molar-refractivity contribution in [1.82, 2.24) is 39.5 Å². The van der Waals surface area contributed by atoms with Crippen molar-refractivity contribution >= 4 is 94.1 Å². The minimum Gasteiger partial charge on any atom is -0.370 e. The van der Waals surface area contributed by atoms with E-state index < -0.39 is 11.9 Å². The number of hydrogen-bond donors (Lipinski definition) is 2. The molecule has 3 amide bonds. The number of amides is 3. The number of piperidine rings is 3. The molecule has 1 aliphatic carbocycles. The number of benzene rings is 1. The zero-order valence-corrected chi connectivity index (χ0v) is 42.0. The first-order valence-corrected chi connectivity index (χ1v) is 24.9. The van der Waals surface area contributed by atoms with Crippen LogP contribution in [0.25, 0.3) is 11.0 Å². The third-order valence-corrected chi connectivity index (χ3v) is 16.1. The number of carbonyl (C=O) groups excluding carboxylic acids is 4. The number of likely N-dealkylation sites (tertiary alicyclic amines) is 1. The van der Waals surface area contributed by atoms with Crippen LogP contribution in [0.4, 0.5) is 23.1 Å². The number of carbonyl (C=O) groups is 4. The van der Waals surface area contributed by atoms with Gasteiger partial charge in [0, 0.05) is 87.5 Å². The summed E-state index contributed by atoms with van der Waals surface area (Å²) < 4.78 is 1.73. The van der Waals surface area contributed by atoms with Crippen LogP contribution in [-0.2, 0) is 16.1 Å². The summed E-state index contributed by atoms with van der Waals surface area (Å²) in [5.41, 5.74) is 4.54. The number of anilines is 4. The van der Waals surface area contributed by atoms with E-state index in [1.54, 1.807) is 22.6 Å². The van der Waals surface area contributed by atoms with Gasteiger partial charge < -0.3 is 24.9 Å². The van der Waals surface area contributed by atoms with Crippen LogP contribution in [-0.4, -0.2) is 129 Å². The van der Waals surface area contributed by atoms with Crippen LogP contribution in [0.3, 0.4) is 0 Å². The first-order valence-electron chi connectivity index (χ1n) is 24.6. The average molecular weight is 1010 g/mol. The second-order valence-electron chi connectivity index (χ2n) is 19.7. The largest absolute Gasteiger partial charge is 0.370 e. The first kappa shape index (κ1) is 50.5. The van der Waals surface area contributed by atoms with E-state index >= 15 is 0 Å². The van der Waals surface area contributed by atoms with Gasteiger partial charge in [-0.3, -0.25) is 38.8 Å². The van der Waals surface area contributed by atoms with Crippen molar-refractivity contribution in [3.63, 3.8) is 0 Å². The van der Waals surface area contributed by atoms with Crippen molar-refractivity contribution in [3.05, 3.63) is 74.3 Å². The summed E-state index contributed by atoms with van der Waals surface area (Å²) in [5, 5.41) is 6.94. The molecular formula is C50H64Cl3N11O5. The summed E-state index contributed by atoms with van der Waals surface area (Å²) in [6.45, 7) is 13.9. The van der Waals surface area contributed by atoms with E-state index in [0.29, 0.717) is 45.9 Å². The number of nitrogens with zero attached hydrogens (tertiary/aromatic N) is 9. The Labute approximate surface area is 420 Å². The zero-order valence-electron chi connectivity index (χ0n) is 39.6. The van der Waals surface area contributed by atoms with E-state index in [1.165, 1.54) is 58.7 Å². The van der Waals surface area contributed by atoms with Gasteiger partial charge >= 0.3 is 0 Å². The van der Waals surface area contributed by atoms with Gasteiger partial charge in [-0.05, 0) is 127 Å². The van der Waals surface area contributed by atoms with Crippen molar-refractivity contribution in [3.8, 4) is 0 Å². The molecule has 4 saturated heterocycles. The molecule has 5 aliphatic heterocycles. The maximum absolute atomic E-state index is 13.6. The molecule has 0 spiro atoms. The van der Waals surface area contributed by atoms with Gasteiger partial charge in [-0.2, -0.15) is 4.98 Å². The Morgan fingerprint density at radius 2 is 1.54 bits per heavy atom. The summed E-state index contributed by atoms with van der Waals surface area (Å²) in [5.74, 6) is 1.31. The number of nitrogens with one attached hydrogen (secondary N) is 2. The minimum atomic E-state index is -0.652. The zero-order chi connectivity index (χ0) is 46.3. The molecule has 370 valence electrons. The van der Waals surface area contributed by atoms with Crippen molar-refractivity contribution in [2.75, 3.05) is 80.6 Å². The number of imide groups is 1. The maximum atomic E-state index is 13.6. The van der Waals surface area contributed by atoms with Crippen LogP contribution in [0.1, 0.15) is 115 Å². The molecule has 4 aromatic rings. The van der Waals surface area contributed by atoms with Crippen molar-refractivity contribution in [2.24, 2.45) is 11.8 Å². The Kier molecular flexibility index (Phi) is 15.8. The van der Waals surface area contributed by atoms with Gasteiger partial charge in [-0.1, -0.05) is 24.4 Å². The van der Waals surface area contributed by atoms with Crippen LogP contribution >= 0.6 is 36.4 Å². The lowest BCUT2D eigenvalue weighted by molar-refractivity contribution is -0.136. The van der Waals surface area contributed by atoms with E-state index in [9.17, 15) is 24.0 Å². The summed E-state index contributed by atoms with van der Waals surface area (Å²) >= 11 is 6.98. The lowest BCUT2D eigenvalue weighted by Gasteiger charge is -2.40. The van der Waals surface area contributed by atoms with Crippen LogP contribution in [0.15, 0.2) is 41.5 Å². The lowest BCUT2D eigenvalue weighted by atomic mass is 9.91. The first-order chi connectivity index (χ1) is 32.5. The normalized spacial score (nSPS) is 21.1. The molecule has 10 rings (SSSR count). The number of aryl methyl sites for hydroxylation is 1. The number of rotatable bonds is 12. The molecule has 69 heavy (non-hydrogen) atoms. The number of hydrogen-bond acceptors (Lipinski definition) is 13. The fourth-order valence-corrected chi connectivity index (χ4v) is 12.0. The number of piperazine rings is 1. The van der Waals surface area contributed by atoms with Gasteiger partial charge in [0.1, 0.15) is 17.5 Å². The topological polar surface area (TPSA) is 169 Å². The van der Waals surface area contributed by atoms with Crippen molar-refractivity contribution < 1.29 is 19.2 Å². The van der Waals surface area contributed by atoms with Gasteiger partial charge in [0.05, 0.1) is 28.2 Å². The van der Waals surface area contributed by atoms with E-state index in [4.69, 9.17) is 21.6 Å². The van der Waals surface area contributed by atoms with Gasteiger partial charge in [0.25, 0.3) is 11.5 Å². The molecular weight excluding hydrogens is 941 g/mol. The second kappa shape index (κ2) is 21.6. The number of pyridine rings is 2. The predicted molar refractivity (Wildman–Crippen MR) is 273 cm³/mol. The highest BCUT2D eigenvalue weighted by molar-refractivity contribution is 6.35. The average Bonchev–Trinajstić information content (AvgIpc) is 3.98. The third-order valence-electron chi connectivity index (χ3n) is 15.6. The second-order valence-corrected chi connectivity index (χ2v) is 20.1. The van der Waals surface area contributed by atoms with Crippen LogP contribution < -0.4 is 26.0 Å². The molecule has 1 saturated carbocycles. The smallest absolute Gasteiger partial charge is 0.263 e. The van der Waals surface area contributed by atoms with Crippen molar-refractivity contribution in [2.45, 2.75) is 103 Å². The van der Waals surface area contributed by atoms with Gasteiger partial charge in [0.15, 0.2) is 5.78 Å². The van der Waals surface area contributed by atoms with E-state index in [0.717, 1.165) is 99.7 Å². The Morgan fingerprint density at radius 3 is 2.22 bits per heavy atom. The van der Waals surface area contributed by atoms with Gasteiger partial charge in [0.2, 0.25) is 17.8 Å². The SMILES string of the molecule is CC(=O)c1c(C)c2cnc(Nc3ccc(N4CCC(CCN5CCC(CN6CCN(c7ccc8c(c7Cl)CN(C7CCC(=O)NC7=O)C8=O)CC6)CC5)CC4)cn3)nc2n(C2CCCC2)c1=O.Cl.Cl. The van der Waals surface area contributed by atoms with Gasteiger partial charge in [-0.15, -0.1) is 24.8 Å². The number of Topliss-reactive ketones (excluding diaryl/α,β-unsaturated/α-hetero) is 1. The maximum Gasteiger partial charge on any atom is 0.263 e. The Balaban J connectivity index is 0.00000321. The number of fused-ring (bicyclic) bond motifs is 2. The minimum absolute atomic E-state index is 0. The Morgan fingerprint density at radius 1 is 0.812 bits per heavy atom. The molecule has 16 nitrogen and oxygen atoms in total. The van der Waals surface area contributed by atoms with E-state index in [2.05, 4.69) is 41.3 Å². The Bertz CT molecular complexity index is 2620. The summed E-state index contributed by atoms with van der Waals surface area (Å²) in [7, 11) is 0. The summed E-state index contributed by atoms with van der Waals surface area (Å²) in [6, 6.07) is 7.24. The molecule has 0 radical (unpaired) electrons. The lowest BCUT2D eigenvalue weighted by Crippen LogP contribution is -2.52. The highest BCUT2D eigenvalue weighted by Gasteiger charge is 2.41. The van der Waals surface area contributed by atoms with Crippen LogP contribution in [0.5, 0.6) is 0 Å². The highest BCUT2D eigenvalue weighted by atomic mass is 35.5. The standard InChI is InChI=1S/C50H62ClN11O5.2ClH/c1-31-38-28-53-50(56-46(38)62(35-5-3-4-6-35)49(67)44(31)32(2)63)54-42-11-7-36(27-52-42)59-21-16-33(17-22-59)13-18-57-19-14-34(15-20-57)29-58-23-25-60(26-24-58)40-9-8-37-39(45(40)51)30-61(48(37)66)41-10-12-43(64)55-47(41)65;;/h7-9,11,27-28,33-35,41H,3-6,10,12-26,29-30H2,1-2H3,(H,55,64,65)(H,52,53,54,56);2*1H. The monoisotopic (exact) mass is 1000 g/mol. The number of aromatic nitrogens is 4. The molecule has 1 aromatic carbocycles. The number of halogens is 3. The fraction of sp³-hybridized carbons (Fsp3) is 0.560. The molecule has 2 N–H and O–H groups in total. The fourth-order valence-electron chi connectivity index (χ4n) is 11.7. The van der Waals surface area contributed by atoms with Gasteiger partial charge in [-0.25, -0.2) is 9.97 Å². The Hall–Kier alpha value is -4.87. The molecule has 1 unspecified atom stereocenters. The molecule has 3 aromatic heterocycles. The molecule has 0 bridgehead atoms. The molecule has 1 atom stereocenters. The predicted octanol–water partition coefficient (Wildman–Crippen LogP) is 6.95. The van der Waals surface area contributed by atoms with E-state index in [-0.39, 0.29) is 72.5 Å². The third kappa shape index (κ3) is 10.5. The highest BCUT2D eigenvalue weighted by Crippen LogP contribution is 2.39. The summed E-state index contributed by atoms with van der Waals surface area (Å²) in [6.07, 6.45) is 14.2. The molecule has 19 heteroatoms. The van der Waals surface area contributed by atoms with Crippen molar-refractivity contribution in [1.29, 1.82) is 0 Å². The quantitative estimate of drug-likeness (QED) is 0.111. The van der Waals surface area contributed by atoms with Crippen LogP contribution in [0, 0.1) is 18.8 Å².